The van der Waals surface area contributed by atoms with Gasteiger partial charge in [0.25, 0.3) is 0 Å². The Labute approximate surface area is 130 Å². The Bertz CT molecular complexity index is 587. The highest BCUT2D eigenvalue weighted by atomic mass is 32.2. The molecule has 0 aliphatic carbocycles. The highest BCUT2D eigenvalue weighted by Crippen LogP contribution is 2.32. The summed E-state index contributed by atoms with van der Waals surface area (Å²) in [6.45, 7) is 3.29. The van der Waals surface area contributed by atoms with E-state index in [9.17, 15) is 0 Å². The van der Waals surface area contributed by atoms with Crippen LogP contribution in [-0.4, -0.2) is 20.0 Å². The number of para-hydroxylation sites is 2. The van der Waals surface area contributed by atoms with Crippen LogP contribution in [0.25, 0.3) is 0 Å². The summed E-state index contributed by atoms with van der Waals surface area (Å²) in [5.41, 5.74) is 2.22. The summed E-state index contributed by atoms with van der Waals surface area (Å²) in [5.74, 6) is 1.59. The molecule has 0 bridgehead atoms. The van der Waals surface area contributed by atoms with Gasteiger partial charge in [-0.15, -0.1) is 11.8 Å². The molecule has 0 heterocycles. The summed E-state index contributed by atoms with van der Waals surface area (Å²) in [5, 5.41) is 3.47. The number of thioether (sulfide) groups is 1. The fourth-order valence-electron chi connectivity index (χ4n) is 2.18. The van der Waals surface area contributed by atoms with Crippen LogP contribution in [0.5, 0.6) is 11.5 Å². The number of benzene rings is 2. The first-order chi connectivity index (χ1) is 10.3. The molecule has 2 rings (SSSR count). The van der Waals surface area contributed by atoms with E-state index in [1.54, 1.807) is 18.9 Å². The molecule has 21 heavy (non-hydrogen) atoms. The summed E-state index contributed by atoms with van der Waals surface area (Å²) in [6, 6.07) is 14.3. The first kappa shape index (κ1) is 15.6. The Hall–Kier alpha value is -1.81. The second kappa shape index (κ2) is 7.84. The Morgan fingerprint density at radius 3 is 2.62 bits per heavy atom. The topological polar surface area (TPSA) is 30.5 Å². The van der Waals surface area contributed by atoms with Gasteiger partial charge in [0.15, 0.2) is 11.5 Å². The van der Waals surface area contributed by atoms with Crippen LogP contribution in [0.2, 0.25) is 0 Å². The van der Waals surface area contributed by atoms with Gasteiger partial charge in [-0.05, 0) is 31.4 Å². The zero-order valence-corrected chi connectivity index (χ0v) is 13.5. The summed E-state index contributed by atoms with van der Waals surface area (Å²) in [7, 11) is 1.68. The maximum Gasteiger partial charge on any atom is 0.165 e. The van der Waals surface area contributed by atoms with Gasteiger partial charge >= 0.3 is 0 Å². The highest BCUT2D eigenvalue weighted by molar-refractivity contribution is 7.98. The van der Waals surface area contributed by atoms with Gasteiger partial charge in [0, 0.05) is 22.7 Å². The predicted octanol–water partition coefficient (Wildman–Crippen LogP) is 4.43. The van der Waals surface area contributed by atoms with E-state index in [2.05, 4.69) is 29.8 Å². The van der Waals surface area contributed by atoms with Gasteiger partial charge < -0.3 is 14.8 Å². The van der Waals surface area contributed by atoms with Crippen LogP contribution < -0.4 is 14.8 Å². The molecule has 0 aliphatic rings. The first-order valence-electron chi connectivity index (χ1n) is 6.95. The molecule has 0 atom stereocenters. The molecule has 0 aliphatic heterocycles. The summed E-state index contributed by atoms with van der Waals surface area (Å²) < 4.78 is 11.1. The van der Waals surface area contributed by atoms with Crippen LogP contribution in [0.4, 0.5) is 5.69 Å². The molecule has 0 radical (unpaired) electrons. The van der Waals surface area contributed by atoms with Gasteiger partial charge in [0.1, 0.15) is 0 Å². The molecule has 0 unspecified atom stereocenters. The molecule has 0 amide bonds. The number of ether oxygens (including phenoxy) is 2. The number of rotatable bonds is 7. The van der Waals surface area contributed by atoms with Crippen molar-refractivity contribution < 1.29 is 9.47 Å². The van der Waals surface area contributed by atoms with Gasteiger partial charge in [0.2, 0.25) is 0 Å². The molecule has 0 saturated heterocycles. The Morgan fingerprint density at radius 1 is 1.10 bits per heavy atom. The monoisotopic (exact) mass is 303 g/mol. The molecular formula is C17H21NO2S. The van der Waals surface area contributed by atoms with E-state index in [4.69, 9.17) is 9.47 Å². The molecule has 1 N–H and O–H groups in total. The highest BCUT2D eigenvalue weighted by Gasteiger charge is 2.10. The molecule has 2 aromatic carbocycles. The lowest BCUT2D eigenvalue weighted by atomic mass is 10.1. The number of methoxy groups -OCH3 is 1. The maximum absolute atomic E-state index is 5.61. The van der Waals surface area contributed by atoms with Crippen LogP contribution >= 0.6 is 11.8 Å². The molecule has 4 heteroatoms. The lowest BCUT2D eigenvalue weighted by Crippen LogP contribution is -2.04. The Morgan fingerprint density at radius 2 is 1.90 bits per heavy atom. The van der Waals surface area contributed by atoms with Gasteiger partial charge in [-0.3, -0.25) is 0 Å². The Kier molecular flexibility index (Phi) is 5.81. The zero-order valence-electron chi connectivity index (χ0n) is 12.7. The number of nitrogens with one attached hydrogen (secondary N) is 1. The first-order valence-corrected chi connectivity index (χ1v) is 8.18. The molecule has 0 saturated carbocycles. The third-order valence-corrected chi connectivity index (χ3v) is 3.94. The lowest BCUT2D eigenvalue weighted by molar-refractivity contribution is 0.309. The minimum absolute atomic E-state index is 0.628. The van der Waals surface area contributed by atoms with Crippen molar-refractivity contribution in [1.29, 1.82) is 0 Å². The predicted molar refractivity (Wildman–Crippen MR) is 89.7 cm³/mol. The van der Waals surface area contributed by atoms with Crippen LogP contribution in [0.1, 0.15) is 12.5 Å². The maximum atomic E-state index is 5.61. The third-order valence-electron chi connectivity index (χ3n) is 3.14. The van der Waals surface area contributed by atoms with Crippen LogP contribution in [-0.2, 0) is 6.54 Å². The number of hydrogen-bond acceptors (Lipinski definition) is 4. The van der Waals surface area contributed by atoms with E-state index in [-0.39, 0.29) is 0 Å². The van der Waals surface area contributed by atoms with Crippen molar-refractivity contribution in [1.82, 2.24) is 0 Å². The number of anilines is 1. The molecule has 3 nitrogen and oxygen atoms in total. The Balaban J connectivity index is 2.18. The second-order valence-corrected chi connectivity index (χ2v) is 5.28. The minimum Gasteiger partial charge on any atom is -0.493 e. The fraction of sp³-hybridized carbons (Fsp3) is 0.294. The molecule has 0 aromatic heterocycles. The van der Waals surface area contributed by atoms with Crippen molar-refractivity contribution in [2.45, 2.75) is 18.4 Å². The van der Waals surface area contributed by atoms with E-state index >= 15 is 0 Å². The third kappa shape index (κ3) is 3.85. The zero-order chi connectivity index (χ0) is 15.1. The largest absolute Gasteiger partial charge is 0.493 e. The average molecular weight is 303 g/mol. The molecule has 0 spiro atoms. The van der Waals surface area contributed by atoms with Crippen LogP contribution in [0.3, 0.4) is 0 Å². The van der Waals surface area contributed by atoms with Gasteiger partial charge in [-0.25, -0.2) is 0 Å². The van der Waals surface area contributed by atoms with Crippen molar-refractivity contribution in [3.05, 3.63) is 48.0 Å². The molecule has 0 fully saturated rings. The quantitative estimate of drug-likeness (QED) is 0.767. The minimum atomic E-state index is 0.628. The number of hydrogen-bond donors (Lipinski definition) is 1. The SMILES string of the molecule is CCOc1cccc(CNc2ccccc2SC)c1OC. The van der Waals surface area contributed by atoms with E-state index in [1.807, 2.05) is 31.2 Å². The standard InChI is InChI=1S/C17H21NO2S/c1-4-20-15-10-7-8-13(17(15)19-2)12-18-14-9-5-6-11-16(14)21-3/h5-11,18H,4,12H2,1-3H3. The summed E-state index contributed by atoms with van der Waals surface area (Å²) >= 11 is 1.73. The van der Waals surface area contributed by atoms with Crippen molar-refractivity contribution in [2.24, 2.45) is 0 Å². The van der Waals surface area contributed by atoms with E-state index in [0.29, 0.717) is 13.2 Å². The summed E-state index contributed by atoms with van der Waals surface area (Å²) in [6.07, 6.45) is 2.08. The summed E-state index contributed by atoms with van der Waals surface area (Å²) in [4.78, 5) is 1.23. The van der Waals surface area contributed by atoms with Crippen LogP contribution in [0, 0.1) is 0 Å². The smallest absolute Gasteiger partial charge is 0.165 e. The van der Waals surface area contributed by atoms with Gasteiger partial charge in [-0.2, -0.15) is 0 Å². The van der Waals surface area contributed by atoms with E-state index in [0.717, 1.165) is 22.7 Å². The average Bonchev–Trinajstić information content (AvgIpc) is 2.53. The van der Waals surface area contributed by atoms with Crippen molar-refractivity contribution in [3.8, 4) is 11.5 Å². The molecular weight excluding hydrogens is 282 g/mol. The lowest BCUT2D eigenvalue weighted by Gasteiger charge is -2.15. The van der Waals surface area contributed by atoms with Crippen LogP contribution in [0.15, 0.2) is 47.4 Å². The van der Waals surface area contributed by atoms with Gasteiger partial charge in [-0.1, -0.05) is 24.3 Å². The van der Waals surface area contributed by atoms with E-state index < -0.39 is 0 Å². The molecule has 112 valence electrons. The van der Waals surface area contributed by atoms with E-state index in [1.165, 1.54) is 4.90 Å². The van der Waals surface area contributed by atoms with Crippen molar-refractivity contribution in [2.75, 3.05) is 25.3 Å². The van der Waals surface area contributed by atoms with Crippen molar-refractivity contribution >= 4 is 17.4 Å². The normalized spacial score (nSPS) is 10.2. The second-order valence-electron chi connectivity index (χ2n) is 4.44. The molecule has 2 aromatic rings. The fourth-order valence-corrected chi connectivity index (χ4v) is 2.76. The van der Waals surface area contributed by atoms with Crippen molar-refractivity contribution in [3.63, 3.8) is 0 Å². The van der Waals surface area contributed by atoms with Gasteiger partial charge in [0.05, 0.1) is 13.7 Å².